The smallest absolute Gasteiger partial charge is 0.0914 e. The maximum Gasteiger partial charge on any atom is 0.0914 e. The van der Waals surface area contributed by atoms with Crippen molar-refractivity contribution in [2.24, 2.45) is 0 Å². The van der Waals surface area contributed by atoms with Crippen LogP contribution >= 0.6 is 0 Å². The van der Waals surface area contributed by atoms with Gasteiger partial charge < -0.3 is 15.2 Å². The summed E-state index contributed by atoms with van der Waals surface area (Å²) >= 11 is 0. The van der Waals surface area contributed by atoms with Crippen LogP contribution in [0.25, 0.3) is 10.8 Å². The van der Waals surface area contributed by atoms with E-state index in [2.05, 4.69) is 29.6 Å². The van der Waals surface area contributed by atoms with Gasteiger partial charge in [-0.25, -0.2) is 0 Å². The van der Waals surface area contributed by atoms with E-state index in [9.17, 15) is 5.11 Å². The Morgan fingerprint density at radius 2 is 1.95 bits per heavy atom. The second kappa shape index (κ2) is 7.24. The van der Waals surface area contributed by atoms with Gasteiger partial charge in [-0.05, 0) is 35.4 Å². The van der Waals surface area contributed by atoms with Crippen LogP contribution < -0.4 is 5.32 Å². The molecule has 2 rings (SSSR count). The summed E-state index contributed by atoms with van der Waals surface area (Å²) in [7, 11) is 1.70. The van der Waals surface area contributed by atoms with Crippen LogP contribution in [0.4, 0.5) is 0 Å². The van der Waals surface area contributed by atoms with Crippen LogP contribution in [0.1, 0.15) is 18.1 Å². The normalized spacial score (nSPS) is 12.7. The van der Waals surface area contributed by atoms with Crippen LogP contribution in [0, 0.1) is 0 Å². The van der Waals surface area contributed by atoms with Crippen molar-refractivity contribution in [3.05, 3.63) is 48.0 Å². The Labute approximate surface area is 114 Å². The molecule has 0 aromatic heterocycles. The Morgan fingerprint density at radius 1 is 1.16 bits per heavy atom. The molecule has 2 N–H and O–H groups in total. The average molecular weight is 259 g/mol. The maximum atomic E-state index is 10.1. The SMILES string of the molecule is COCCCNCC(O)c1ccc2ccccc2c1. The molecular formula is C16H21NO2. The first-order valence-corrected chi connectivity index (χ1v) is 6.67. The molecule has 2 aromatic rings. The average Bonchev–Trinajstić information content (AvgIpc) is 2.46. The van der Waals surface area contributed by atoms with Gasteiger partial charge >= 0.3 is 0 Å². The van der Waals surface area contributed by atoms with Gasteiger partial charge in [0.15, 0.2) is 0 Å². The number of fused-ring (bicyclic) bond motifs is 1. The first kappa shape index (κ1) is 14.0. The van der Waals surface area contributed by atoms with Crippen molar-refractivity contribution in [2.75, 3.05) is 26.8 Å². The molecule has 3 nitrogen and oxygen atoms in total. The van der Waals surface area contributed by atoms with Crippen LogP contribution in [0.2, 0.25) is 0 Å². The third-order valence-electron chi connectivity index (χ3n) is 3.20. The molecule has 0 saturated heterocycles. The van der Waals surface area contributed by atoms with Crippen molar-refractivity contribution >= 4 is 10.8 Å². The summed E-state index contributed by atoms with van der Waals surface area (Å²) in [5.41, 5.74) is 0.956. The van der Waals surface area contributed by atoms with Gasteiger partial charge in [0.2, 0.25) is 0 Å². The zero-order valence-electron chi connectivity index (χ0n) is 11.3. The number of methoxy groups -OCH3 is 1. The zero-order valence-corrected chi connectivity index (χ0v) is 11.3. The number of rotatable bonds is 7. The molecule has 3 heteroatoms. The third kappa shape index (κ3) is 4.03. The van der Waals surface area contributed by atoms with Gasteiger partial charge in [-0.15, -0.1) is 0 Å². The lowest BCUT2D eigenvalue weighted by Gasteiger charge is -2.13. The van der Waals surface area contributed by atoms with Crippen molar-refractivity contribution in [1.29, 1.82) is 0 Å². The Balaban J connectivity index is 1.91. The Bertz CT molecular complexity index is 513. The van der Waals surface area contributed by atoms with Gasteiger partial charge in [-0.1, -0.05) is 36.4 Å². The van der Waals surface area contributed by atoms with Gasteiger partial charge in [-0.3, -0.25) is 0 Å². The minimum atomic E-state index is -0.466. The molecular weight excluding hydrogens is 238 g/mol. The molecule has 0 fully saturated rings. The molecule has 2 aromatic carbocycles. The molecule has 0 heterocycles. The van der Waals surface area contributed by atoms with E-state index < -0.39 is 6.10 Å². The van der Waals surface area contributed by atoms with E-state index in [1.807, 2.05) is 18.2 Å². The highest BCUT2D eigenvalue weighted by atomic mass is 16.5. The van der Waals surface area contributed by atoms with E-state index in [0.29, 0.717) is 6.54 Å². The number of hydrogen-bond donors (Lipinski definition) is 2. The zero-order chi connectivity index (χ0) is 13.5. The van der Waals surface area contributed by atoms with Crippen LogP contribution in [-0.4, -0.2) is 31.9 Å². The van der Waals surface area contributed by atoms with E-state index >= 15 is 0 Å². The summed E-state index contributed by atoms with van der Waals surface area (Å²) in [6.07, 6.45) is 0.494. The fourth-order valence-corrected chi connectivity index (χ4v) is 2.11. The van der Waals surface area contributed by atoms with Crippen molar-refractivity contribution in [1.82, 2.24) is 5.32 Å². The largest absolute Gasteiger partial charge is 0.387 e. The van der Waals surface area contributed by atoms with Gasteiger partial charge in [0, 0.05) is 20.3 Å². The summed E-state index contributed by atoms with van der Waals surface area (Å²) in [6.45, 7) is 2.18. The predicted octanol–water partition coefficient (Wildman–Crippen LogP) is 2.50. The number of benzene rings is 2. The third-order valence-corrected chi connectivity index (χ3v) is 3.20. The molecule has 19 heavy (non-hydrogen) atoms. The fraction of sp³-hybridized carbons (Fsp3) is 0.375. The lowest BCUT2D eigenvalue weighted by molar-refractivity contribution is 0.168. The highest BCUT2D eigenvalue weighted by molar-refractivity contribution is 5.83. The Kier molecular flexibility index (Phi) is 5.33. The number of nitrogens with one attached hydrogen (secondary N) is 1. The summed E-state index contributed by atoms with van der Waals surface area (Å²) in [5, 5.41) is 15.7. The lowest BCUT2D eigenvalue weighted by Crippen LogP contribution is -2.23. The van der Waals surface area contributed by atoms with E-state index in [4.69, 9.17) is 4.74 Å². The summed E-state index contributed by atoms with van der Waals surface area (Å²) in [5.74, 6) is 0. The molecule has 0 amide bonds. The molecule has 0 radical (unpaired) electrons. The second-order valence-corrected chi connectivity index (χ2v) is 4.67. The molecule has 0 aliphatic rings. The minimum Gasteiger partial charge on any atom is -0.387 e. The summed E-state index contributed by atoms with van der Waals surface area (Å²) in [6, 6.07) is 14.3. The van der Waals surface area contributed by atoms with Crippen LogP contribution in [0.3, 0.4) is 0 Å². The fourth-order valence-electron chi connectivity index (χ4n) is 2.11. The first-order chi connectivity index (χ1) is 9.31. The van der Waals surface area contributed by atoms with Gasteiger partial charge in [0.1, 0.15) is 0 Å². The van der Waals surface area contributed by atoms with Gasteiger partial charge in [0.25, 0.3) is 0 Å². The number of ether oxygens (including phenoxy) is 1. The maximum absolute atomic E-state index is 10.1. The molecule has 0 aliphatic heterocycles. The standard InChI is InChI=1S/C16H21NO2/c1-19-10-4-9-17-12-16(18)15-8-7-13-5-2-3-6-14(13)11-15/h2-3,5-8,11,16-18H,4,9-10,12H2,1H3. The van der Waals surface area contributed by atoms with Crippen molar-refractivity contribution < 1.29 is 9.84 Å². The predicted molar refractivity (Wildman–Crippen MR) is 78.3 cm³/mol. The quantitative estimate of drug-likeness (QED) is 0.751. The first-order valence-electron chi connectivity index (χ1n) is 6.67. The molecule has 1 atom stereocenters. The Hall–Kier alpha value is -1.42. The molecule has 102 valence electrons. The van der Waals surface area contributed by atoms with Crippen LogP contribution in [0.5, 0.6) is 0 Å². The van der Waals surface area contributed by atoms with Crippen molar-refractivity contribution in [3.8, 4) is 0 Å². The highest BCUT2D eigenvalue weighted by Crippen LogP contribution is 2.19. The molecule has 0 aliphatic carbocycles. The number of aliphatic hydroxyl groups excluding tert-OH is 1. The monoisotopic (exact) mass is 259 g/mol. The molecule has 0 spiro atoms. The molecule has 0 saturated carbocycles. The van der Waals surface area contributed by atoms with E-state index in [1.54, 1.807) is 7.11 Å². The number of hydrogen-bond acceptors (Lipinski definition) is 3. The lowest BCUT2D eigenvalue weighted by atomic mass is 10.0. The summed E-state index contributed by atoms with van der Waals surface area (Å²) in [4.78, 5) is 0. The minimum absolute atomic E-state index is 0.466. The molecule has 1 unspecified atom stereocenters. The van der Waals surface area contributed by atoms with Gasteiger partial charge in [0.05, 0.1) is 6.10 Å². The van der Waals surface area contributed by atoms with Crippen LogP contribution in [-0.2, 0) is 4.74 Å². The highest BCUT2D eigenvalue weighted by Gasteiger charge is 2.07. The summed E-state index contributed by atoms with van der Waals surface area (Å²) < 4.78 is 4.98. The Morgan fingerprint density at radius 3 is 2.74 bits per heavy atom. The van der Waals surface area contributed by atoms with Gasteiger partial charge in [-0.2, -0.15) is 0 Å². The topological polar surface area (TPSA) is 41.5 Å². The van der Waals surface area contributed by atoms with Crippen molar-refractivity contribution in [3.63, 3.8) is 0 Å². The van der Waals surface area contributed by atoms with E-state index in [1.165, 1.54) is 10.8 Å². The molecule has 0 bridgehead atoms. The van der Waals surface area contributed by atoms with E-state index in [0.717, 1.165) is 25.1 Å². The number of aliphatic hydroxyl groups is 1. The van der Waals surface area contributed by atoms with E-state index in [-0.39, 0.29) is 0 Å². The van der Waals surface area contributed by atoms with Crippen LogP contribution in [0.15, 0.2) is 42.5 Å². The van der Waals surface area contributed by atoms with Crippen molar-refractivity contribution in [2.45, 2.75) is 12.5 Å². The second-order valence-electron chi connectivity index (χ2n) is 4.67.